The van der Waals surface area contributed by atoms with Gasteiger partial charge < -0.3 is 10.1 Å². The van der Waals surface area contributed by atoms with Crippen molar-refractivity contribution in [2.75, 3.05) is 6.61 Å². The van der Waals surface area contributed by atoms with Crippen LogP contribution in [0.1, 0.15) is 55.6 Å². The van der Waals surface area contributed by atoms with E-state index in [-0.39, 0.29) is 23.5 Å². The third kappa shape index (κ3) is 3.72. The normalized spacial score (nSPS) is 21.9. The molecule has 4 nitrogen and oxygen atoms in total. The number of carbonyl (C=O) groups excluding carboxylic acids is 2. The van der Waals surface area contributed by atoms with Gasteiger partial charge in [-0.3, -0.25) is 9.59 Å². The molecule has 0 spiro atoms. The molecule has 1 heterocycles. The molecule has 4 heteroatoms. The van der Waals surface area contributed by atoms with Crippen LogP contribution in [-0.4, -0.2) is 18.3 Å². The summed E-state index contributed by atoms with van der Waals surface area (Å²) in [5.74, 6) is 0.933. The van der Waals surface area contributed by atoms with Crippen molar-refractivity contribution in [3.8, 4) is 5.75 Å². The average molecular weight is 375 g/mol. The Labute approximate surface area is 165 Å². The van der Waals surface area contributed by atoms with Crippen molar-refractivity contribution in [3.05, 3.63) is 77.0 Å². The van der Waals surface area contributed by atoms with E-state index in [9.17, 15) is 9.59 Å². The van der Waals surface area contributed by atoms with E-state index in [1.165, 1.54) is 0 Å². The molecule has 0 aromatic heterocycles. The molecule has 2 atom stereocenters. The highest BCUT2D eigenvalue weighted by molar-refractivity contribution is 6.02. The first-order chi connectivity index (χ1) is 13.7. The predicted octanol–water partition coefficient (Wildman–Crippen LogP) is 4.48. The Bertz CT molecular complexity index is 899. The molecular weight excluding hydrogens is 350 g/mol. The maximum atomic E-state index is 13.1. The summed E-state index contributed by atoms with van der Waals surface area (Å²) in [4.78, 5) is 25.4. The van der Waals surface area contributed by atoms with Crippen LogP contribution in [0, 0.1) is 0 Å². The molecule has 2 aromatic rings. The van der Waals surface area contributed by atoms with Gasteiger partial charge in [-0.25, -0.2) is 0 Å². The van der Waals surface area contributed by atoms with Gasteiger partial charge in [0.05, 0.1) is 6.61 Å². The Morgan fingerprint density at radius 2 is 1.68 bits per heavy atom. The molecule has 0 saturated heterocycles. The van der Waals surface area contributed by atoms with E-state index >= 15 is 0 Å². The average Bonchev–Trinajstić information content (AvgIpc) is 2.72. The van der Waals surface area contributed by atoms with Crippen molar-refractivity contribution in [1.82, 2.24) is 5.32 Å². The maximum absolute atomic E-state index is 13.1. The summed E-state index contributed by atoms with van der Waals surface area (Å²) < 4.78 is 5.65. The number of allylic oxidation sites excluding steroid dienone is 2. The summed E-state index contributed by atoms with van der Waals surface area (Å²) in [7, 11) is 0. The number of benzene rings is 2. The topological polar surface area (TPSA) is 55.4 Å². The molecule has 0 fully saturated rings. The Morgan fingerprint density at radius 1 is 0.929 bits per heavy atom. The van der Waals surface area contributed by atoms with E-state index in [2.05, 4.69) is 12.2 Å². The first kappa shape index (κ1) is 18.5. The quantitative estimate of drug-likeness (QED) is 0.838. The molecule has 2 aliphatic rings. The Morgan fingerprint density at radius 3 is 2.39 bits per heavy atom. The zero-order valence-electron chi connectivity index (χ0n) is 16.1. The monoisotopic (exact) mass is 375 g/mol. The Hall–Kier alpha value is -2.88. The number of carbonyl (C=O) groups is 2. The molecule has 0 saturated carbocycles. The molecule has 1 aliphatic heterocycles. The van der Waals surface area contributed by atoms with Crippen LogP contribution in [0.25, 0.3) is 0 Å². The molecule has 28 heavy (non-hydrogen) atoms. The van der Waals surface area contributed by atoms with Gasteiger partial charge >= 0.3 is 0 Å². The second-order valence-electron chi connectivity index (χ2n) is 7.55. The molecule has 4 rings (SSSR count). The number of ether oxygens (including phenoxy) is 1. The summed E-state index contributed by atoms with van der Waals surface area (Å²) in [6, 6.07) is 17.9. The molecule has 1 aliphatic carbocycles. The van der Waals surface area contributed by atoms with Crippen molar-refractivity contribution >= 4 is 11.7 Å². The molecular formula is C24H25NO3. The number of Topliss-reactive ketones (excluding diaryl/α,β-unsaturated/α-hetero) is 1. The fourth-order valence-corrected chi connectivity index (χ4v) is 4.22. The first-order valence-corrected chi connectivity index (χ1v) is 9.99. The lowest BCUT2D eigenvalue weighted by Crippen LogP contribution is -2.38. The van der Waals surface area contributed by atoms with Crippen molar-refractivity contribution in [3.63, 3.8) is 0 Å². The number of amides is 1. The van der Waals surface area contributed by atoms with Crippen LogP contribution < -0.4 is 10.1 Å². The summed E-state index contributed by atoms with van der Waals surface area (Å²) in [6.07, 6.45) is 2.47. The highest BCUT2D eigenvalue weighted by atomic mass is 16.5. The number of hydrogen-bond acceptors (Lipinski definition) is 3. The molecule has 2 aromatic carbocycles. The summed E-state index contributed by atoms with van der Waals surface area (Å²) in [5.41, 5.74) is 3.75. The second kappa shape index (κ2) is 8.01. The van der Waals surface area contributed by atoms with Crippen molar-refractivity contribution in [1.29, 1.82) is 0 Å². The fraction of sp³-hybridized carbons (Fsp3) is 0.333. The standard InChI is InChI=1S/C24H25NO3/c1-2-12-28-19-10-8-16(9-11-19)18-13-21-24(22(26)14-18)20(15-23(27)25-21)17-6-4-3-5-7-17/h3-11,18,20H,2,12-15H2,1H3,(H,25,27). The highest BCUT2D eigenvalue weighted by Crippen LogP contribution is 2.42. The minimum Gasteiger partial charge on any atom is -0.494 e. The van der Waals surface area contributed by atoms with Crippen molar-refractivity contribution in [2.24, 2.45) is 0 Å². The second-order valence-corrected chi connectivity index (χ2v) is 7.55. The molecule has 144 valence electrons. The van der Waals surface area contributed by atoms with Crippen molar-refractivity contribution < 1.29 is 14.3 Å². The van der Waals surface area contributed by atoms with Gasteiger partial charge in [0.1, 0.15) is 5.75 Å². The van der Waals surface area contributed by atoms with Gasteiger partial charge in [0, 0.05) is 30.0 Å². The van der Waals surface area contributed by atoms with E-state index in [0.717, 1.165) is 34.6 Å². The summed E-state index contributed by atoms with van der Waals surface area (Å²) in [6.45, 7) is 2.78. The minimum atomic E-state index is -0.136. The Balaban J connectivity index is 1.59. The molecule has 0 radical (unpaired) electrons. The van der Waals surface area contributed by atoms with Crippen LogP contribution in [-0.2, 0) is 9.59 Å². The van der Waals surface area contributed by atoms with Gasteiger partial charge in [0.15, 0.2) is 5.78 Å². The highest BCUT2D eigenvalue weighted by Gasteiger charge is 2.38. The minimum absolute atomic E-state index is 0.00985. The van der Waals surface area contributed by atoms with E-state index in [1.807, 2.05) is 54.6 Å². The van der Waals surface area contributed by atoms with Crippen LogP contribution >= 0.6 is 0 Å². The lowest BCUT2D eigenvalue weighted by atomic mass is 9.73. The number of nitrogens with one attached hydrogen (secondary N) is 1. The van der Waals surface area contributed by atoms with Gasteiger partial charge in [-0.05, 0) is 42.0 Å². The number of rotatable bonds is 5. The molecule has 1 N–H and O–H groups in total. The Kier molecular flexibility index (Phi) is 5.29. The third-order valence-corrected chi connectivity index (χ3v) is 5.56. The van der Waals surface area contributed by atoms with E-state index in [4.69, 9.17) is 4.74 Å². The molecule has 0 bridgehead atoms. The summed E-state index contributed by atoms with van der Waals surface area (Å²) >= 11 is 0. The number of ketones is 1. The van der Waals surface area contributed by atoms with E-state index in [0.29, 0.717) is 25.9 Å². The maximum Gasteiger partial charge on any atom is 0.225 e. The zero-order valence-corrected chi connectivity index (χ0v) is 16.1. The lowest BCUT2D eigenvalue weighted by molar-refractivity contribution is -0.122. The molecule has 1 amide bonds. The van der Waals surface area contributed by atoms with Crippen LogP contribution in [0.2, 0.25) is 0 Å². The third-order valence-electron chi connectivity index (χ3n) is 5.56. The van der Waals surface area contributed by atoms with Gasteiger partial charge in [-0.2, -0.15) is 0 Å². The van der Waals surface area contributed by atoms with Gasteiger partial charge in [0.25, 0.3) is 0 Å². The van der Waals surface area contributed by atoms with Crippen LogP contribution in [0.5, 0.6) is 5.75 Å². The molecule has 2 unspecified atom stereocenters. The van der Waals surface area contributed by atoms with E-state index in [1.54, 1.807) is 0 Å². The van der Waals surface area contributed by atoms with Crippen molar-refractivity contribution in [2.45, 2.75) is 44.4 Å². The van der Waals surface area contributed by atoms with Gasteiger partial charge in [0.2, 0.25) is 5.91 Å². The van der Waals surface area contributed by atoms with Gasteiger partial charge in [-0.15, -0.1) is 0 Å². The zero-order chi connectivity index (χ0) is 19.5. The first-order valence-electron chi connectivity index (χ1n) is 9.99. The lowest BCUT2D eigenvalue weighted by Gasteiger charge is -2.34. The van der Waals surface area contributed by atoms with Gasteiger partial charge in [-0.1, -0.05) is 49.4 Å². The van der Waals surface area contributed by atoms with Crippen LogP contribution in [0.3, 0.4) is 0 Å². The fourth-order valence-electron chi connectivity index (χ4n) is 4.22. The largest absolute Gasteiger partial charge is 0.494 e. The van der Waals surface area contributed by atoms with Crippen LogP contribution in [0.4, 0.5) is 0 Å². The smallest absolute Gasteiger partial charge is 0.225 e. The van der Waals surface area contributed by atoms with E-state index < -0.39 is 0 Å². The summed E-state index contributed by atoms with van der Waals surface area (Å²) in [5, 5.41) is 2.98. The predicted molar refractivity (Wildman–Crippen MR) is 108 cm³/mol. The SMILES string of the molecule is CCCOc1ccc(C2CC(=O)C3=C(C2)NC(=O)CC3c2ccccc2)cc1. The number of hydrogen-bond donors (Lipinski definition) is 1. The van der Waals surface area contributed by atoms with Crippen LogP contribution in [0.15, 0.2) is 65.9 Å².